The van der Waals surface area contributed by atoms with E-state index in [9.17, 15) is 17.2 Å². The van der Waals surface area contributed by atoms with Crippen LogP contribution >= 0.6 is 11.6 Å². The molecule has 1 aromatic carbocycles. The number of halogens is 3. The van der Waals surface area contributed by atoms with Crippen molar-refractivity contribution in [2.45, 2.75) is 11.8 Å². The molecule has 0 bridgehead atoms. The number of hydrogen-bond donors (Lipinski definition) is 2. The average Bonchev–Trinajstić information content (AvgIpc) is 2.88. The molecule has 2 N–H and O–H groups in total. The lowest BCUT2D eigenvalue weighted by Crippen LogP contribution is -2.14. The number of nitrogens with one attached hydrogen (secondary N) is 2. The molecule has 3 rings (SSSR count). The van der Waals surface area contributed by atoms with E-state index in [1.54, 1.807) is 0 Å². The van der Waals surface area contributed by atoms with Crippen molar-refractivity contribution in [1.29, 1.82) is 0 Å². The van der Waals surface area contributed by atoms with E-state index in [4.69, 9.17) is 11.6 Å². The Morgan fingerprint density at radius 1 is 1.22 bits per heavy atom. The molecule has 0 fully saturated rings. The topological polar surface area (TPSA) is 74.8 Å². The van der Waals surface area contributed by atoms with Crippen molar-refractivity contribution in [2.24, 2.45) is 0 Å². The van der Waals surface area contributed by atoms with Gasteiger partial charge in [-0.15, -0.1) is 0 Å². The van der Waals surface area contributed by atoms with E-state index < -0.39 is 27.3 Å². The van der Waals surface area contributed by atoms with Gasteiger partial charge in [0, 0.05) is 17.6 Å². The number of rotatable bonds is 3. The van der Waals surface area contributed by atoms with Crippen LogP contribution in [0.5, 0.6) is 0 Å². The number of H-pyrrole nitrogens is 1. The lowest BCUT2D eigenvalue weighted by atomic mass is 10.2. The van der Waals surface area contributed by atoms with Crippen LogP contribution in [0.1, 0.15) is 5.56 Å². The van der Waals surface area contributed by atoms with E-state index in [0.29, 0.717) is 0 Å². The monoisotopic (exact) mass is 357 g/mol. The molecular formula is C14H10ClF2N3O2S. The van der Waals surface area contributed by atoms with Gasteiger partial charge in [0.25, 0.3) is 10.0 Å². The molecule has 2 heterocycles. The highest BCUT2D eigenvalue weighted by Gasteiger charge is 2.22. The molecule has 0 unspecified atom stereocenters. The first kappa shape index (κ1) is 15.7. The lowest BCUT2D eigenvalue weighted by Gasteiger charge is -2.09. The summed E-state index contributed by atoms with van der Waals surface area (Å²) in [6.07, 6.45) is 1.21. The average molecular weight is 358 g/mol. The molecule has 0 amide bonds. The fourth-order valence-corrected chi connectivity index (χ4v) is 3.47. The van der Waals surface area contributed by atoms with Crippen LogP contribution in [0.3, 0.4) is 0 Å². The fraction of sp³-hybridized carbons (Fsp3) is 0.0714. The van der Waals surface area contributed by atoms with Crippen molar-refractivity contribution in [1.82, 2.24) is 9.97 Å². The predicted octanol–water partition coefficient (Wildman–Crippen LogP) is 3.60. The number of nitrogens with zero attached hydrogens (tertiary/aromatic N) is 1. The van der Waals surface area contributed by atoms with Gasteiger partial charge in [0.2, 0.25) is 0 Å². The van der Waals surface area contributed by atoms with Gasteiger partial charge in [-0.3, -0.25) is 4.72 Å². The second-order valence-electron chi connectivity index (χ2n) is 4.87. The van der Waals surface area contributed by atoms with Crippen LogP contribution in [-0.2, 0) is 10.0 Å². The van der Waals surface area contributed by atoms with Crippen molar-refractivity contribution in [2.75, 3.05) is 4.72 Å². The van der Waals surface area contributed by atoms with E-state index >= 15 is 0 Å². The Morgan fingerprint density at radius 2 is 1.96 bits per heavy atom. The number of anilines is 1. The number of benzene rings is 1. The van der Waals surface area contributed by atoms with Gasteiger partial charge in [0.15, 0.2) is 0 Å². The molecule has 0 aliphatic heterocycles. The Labute approximate surface area is 135 Å². The van der Waals surface area contributed by atoms with Crippen molar-refractivity contribution in [3.63, 3.8) is 0 Å². The van der Waals surface area contributed by atoms with Crippen LogP contribution in [0.25, 0.3) is 11.0 Å². The molecule has 0 aliphatic rings. The SMILES string of the molecule is Cc1cc(F)c(NS(=O)(=O)c2c[nH]c3nc(Cl)ccc23)cc1F. The summed E-state index contributed by atoms with van der Waals surface area (Å²) >= 11 is 5.74. The van der Waals surface area contributed by atoms with E-state index in [0.717, 1.165) is 12.1 Å². The molecule has 5 nitrogen and oxygen atoms in total. The number of aryl methyl sites for hydroxylation is 1. The number of aromatic amines is 1. The molecule has 0 spiro atoms. The minimum absolute atomic E-state index is 0.0800. The van der Waals surface area contributed by atoms with E-state index in [2.05, 4.69) is 9.97 Å². The first-order valence-corrected chi connectivity index (χ1v) is 8.26. The zero-order valence-electron chi connectivity index (χ0n) is 11.7. The van der Waals surface area contributed by atoms with Crippen LogP contribution in [0, 0.1) is 18.6 Å². The number of sulfonamides is 1. The summed E-state index contributed by atoms with van der Waals surface area (Å²) in [5.74, 6) is -1.58. The Hall–Kier alpha value is -2.19. The number of fused-ring (bicyclic) bond motifs is 1. The second-order valence-corrected chi connectivity index (χ2v) is 6.91. The van der Waals surface area contributed by atoms with Gasteiger partial charge in [-0.05, 0) is 30.7 Å². The molecule has 0 atom stereocenters. The van der Waals surface area contributed by atoms with E-state index in [1.807, 2.05) is 4.72 Å². The summed E-state index contributed by atoms with van der Waals surface area (Å²) in [4.78, 5) is 6.48. The number of pyridine rings is 1. The maximum Gasteiger partial charge on any atom is 0.264 e. The molecular weight excluding hydrogens is 348 g/mol. The molecule has 23 heavy (non-hydrogen) atoms. The summed E-state index contributed by atoms with van der Waals surface area (Å²) in [6, 6.07) is 4.63. The largest absolute Gasteiger partial charge is 0.345 e. The van der Waals surface area contributed by atoms with Crippen LogP contribution < -0.4 is 4.72 Å². The number of aromatic nitrogens is 2. The van der Waals surface area contributed by atoms with E-state index in [1.165, 1.54) is 25.3 Å². The maximum atomic E-state index is 13.8. The van der Waals surface area contributed by atoms with E-state index in [-0.39, 0.29) is 26.6 Å². The van der Waals surface area contributed by atoms with Crippen molar-refractivity contribution >= 4 is 38.3 Å². The van der Waals surface area contributed by atoms with Crippen molar-refractivity contribution in [3.8, 4) is 0 Å². The Kier molecular flexibility index (Phi) is 3.73. The third-order valence-electron chi connectivity index (χ3n) is 3.25. The minimum Gasteiger partial charge on any atom is -0.345 e. The van der Waals surface area contributed by atoms with Gasteiger partial charge in [0.1, 0.15) is 27.3 Å². The smallest absolute Gasteiger partial charge is 0.264 e. The summed E-state index contributed by atoms with van der Waals surface area (Å²) in [5.41, 5.74) is -0.116. The van der Waals surface area contributed by atoms with Gasteiger partial charge in [-0.2, -0.15) is 0 Å². The van der Waals surface area contributed by atoms with Crippen molar-refractivity contribution < 1.29 is 17.2 Å². The first-order valence-electron chi connectivity index (χ1n) is 6.40. The highest BCUT2D eigenvalue weighted by atomic mass is 35.5. The fourth-order valence-electron chi connectivity index (χ4n) is 2.10. The third kappa shape index (κ3) is 2.87. The summed E-state index contributed by atoms with van der Waals surface area (Å²) in [7, 11) is -4.13. The molecule has 0 radical (unpaired) electrons. The number of hydrogen-bond acceptors (Lipinski definition) is 3. The molecule has 9 heteroatoms. The van der Waals surface area contributed by atoms with Crippen LogP contribution in [-0.4, -0.2) is 18.4 Å². The van der Waals surface area contributed by atoms with Crippen molar-refractivity contribution in [3.05, 3.63) is 52.8 Å². The summed E-state index contributed by atoms with van der Waals surface area (Å²) in [6.45, 7) is 1.38. The zero-order chi connectivity index (χ0) is 16.8. The molecule has 3 aromatic rings. The molecule has 0 aliphatic carbocycles. The highest BCUT2D eigenvalue weighted by molar-refractivity contribution is 7.93. The van der Waals surface area contributed by atoms with Gasteiger partial charge in [-0.1, -0.05) is 11.6 Å². The molecule has 0 saturated carbocycles. The van der Waals surface area contributed by atoms with Gasteiger partial charge in [0.05, 0.1) is 5.69 Å². The molecule has 120 valence electrons. The standard InChI is InChI=1S/C14H10ClF2N3O2S/c1-7-4-10(17)11(5-9(7)16)20-23(21,22)12-6-18-14-8(12)2-3-13(15)19-14/h2-6,20H,1H3,(H,18,19). The van der Waals surface area contributed by atoms with Gasteiger partial charge < -0.3 is 4.98 Å². The second kappa shape index (κ2) is 5.47. The summed E-state index contributed by atoms with van der Waals surface area (Å²) < 4.78 is 54.3. The Bertz CT molecular complexity index is 1020. The first-order chi connectivity index (χ1) is 10.8. The zero-order valence-corrected chi connectivity index (χ0v) is 13.3. The lowest BCUT2D eigenvalue weighted by molar-refractivity contribution is 0.591. The molecule has 0 saturated heterocycles. The summed E-state index contributed by atoms with van der Waals surface area (Å²) in [5, 5.41) is 0.484. The highest BCUT2D eigenvalue weighted by Crippen LogP contribution is 2.27. The normalized spacial score (nSPS) is 11.8. The predicted molar refractivity (Wildman–Crippen MR) is 83.0 cm³/mol. The Balaban J connectivity index is 2.06. The van der Waals surface area contributed by atoms with Gasteiger partial charge >= 0.3 is 0 Å². The molecule has 2 aromatic heterocycles. The maximum absolute atomic E-state index is 13.8. The van der Waals surface area contributed by atoms with Gasteiger partial charge in [-0.25, -0.2) is 22.2 Å². The van der Waals surface area contributed by atoms with Crippen LogP contribution in [0.15, 0.2) is 35.4 Å². The minimum atomic E-state index is -4.13. The quantitative estimate of drug-likeness (QED) is 0.703. The van der Waals surface area contributed by atoms with Crippen LogP contribution in [0.2, 0.25) is 5.15 Å². The Morgan fingerprint density at radius 3 is 2.70 bits per heavy atom. The van der Waals surface area contributed by atoms with Crippen LogP contribution in [0.4, 0.5) is 14.5 Å². The third-order valence-corrected chi connectivity index (χ3v) is 4.86.